The fraction of sp³-hybridized carbons (Fsp3) is 0.625. The van der Waals surface area contributed by atoms with Crippen molar-refractivity contribution >= 4 is 43.6 Å². The van der Waals surface area contributed by atoms with E-state index in [1.807, 2.05) is 17.9 Å². The van der Waals surface area contributed by atoms with E-state index >= 15 is 0 Å². The van der Waals surface area contributed by atoms with Gasteiger partial charge in [0.15, 0.2) is 5.82 Å². The van der Waals surface area contributed by atoms with E-state index in [1.54, 1.807) is 59.1 Å². The number of rotatable bonds is 19. The molecule has 4 rings (SSSR count). The molecule has 21 heteroatoms. The molecule has 2 unspecified atom stereocenters. The van der Waals surface area contributed by atoms with Gasteiger partial charge in [-0.15, -0.1) is 0 Å². The highest BCUT2D eigenvalue weighted by molar-refractivity contribution is 7.54. The predicted molar refractivity (Wildman–Crippen MR) is 220 cm³/mol. The lowest BCUT2D eigenvalue weighted by atomic mass is 10.2. The maximum atomic E-state index is 14.8. The Morgan fingerprint density at radius 3 is 1.95 bits per heavy atom. The van der Waals surface area contributed by atoms with Crippen molar-refractivity contribution in [1.29, 1.82) is 0 Å². The second kappa shape index (κ2) is 23.3. The van der Waals surface area contributed by atoms with Gasteiger partial charge in [-0.25, -0.2) is 24.4 Å². The average molecular weight is 879 g/mol. The molecule has 20 nitrogen and oxygen atoms in total. The van der Waals surface area contributed by atoms with E-state index in [2.05, 4.69) is 10.3 Å². The number of anilines is 1. The van der Waals surface area contributed by atoms with Gasteiger partial charge in [0.05, 0.1) is 31.1 Å². The molecule has 2 aliphatic rings. The number of ether oxygens (including phenoxy) is 6. The van der Waals surface area contributed by atoms with Crippen LogP contribution in [0.1, 0.15) is 78.2 Å². The van der Waals surface area contributed by atoms with Crippen molar-refractivity contribution in [3.8, 4) is 11.4 Å². The Morgan fingerprint density at radius 2 is 1.41 bits per heavy atom. The van der Waals surface area contributed by atoms with Crippen LogP contribution < -0.4 is 10.2 Å². The minimum absolute atomic E-state index is 0.0344. The number of carbonyl (C=O) groups is 5. The zero-order valence-electron chi connectivity index (χ0n) is 36.1. The molecule has 0 spiro atoms. The van der Waals surface area contributed by atoms with Crippen LogP contribution in [0.3, 0.4) is 0 Å². The van der Waals surface area contributed by atoms with Gasteiger partial charge in [-0.05, 0) is 54.4 Å². The number of methoxy groups -OCH3 is 1. The number of nitrogens with zero attached hydrogens (tertiary/aromatic N) is 5. The monoisotopic (exact) mass is 878 g/mol. The molecular formula is C40H59N6O14P. The maximum Gasteiger partial charge on any atom is 0.510 e. The van der Waals surface area contributed by atoms with Gasteiger partial charge in [-0.2, -0.15) is 0 Å². The highest BCUT2D eigenvalue weighted by Gasteiger charge is 2.41. The minimum atomic E-state index is -4.73. The summed E-state index contributed by atoms with van der Waals surface area (Å²) in [6.07, 6.45) is -5.73. The average Bonchev–Trinajstić information content (AvgIpc) is 3.69. The molecule has 0 saturated carbocycles. The van der Waals surface area contributed by atoms with Crippen LogP contribution in [0.25, 0.3) is 11.4 Å². The Hall–Kier alpha value is -5.04. The lowest BCUT2D eigenvalue weighted by molar-refractivity contribution is -0.134. The van der Waals surface area contributed by atoms with Gasteiger partial charge in [0, 0.05) is 58.0 Å². The molecule has 0 bridgehead atoms. The Kier molecular flexibility index (Phi) is 18.5. The van der Waals surface area contributed by atoms with E-state index < -0.39 is 74.8 Å². The van der Waals surface area contributed by atoms with Crippen LogP contribution in [0.4, 0.5) is 20.2 Å². The third-order valence-electron chi connectivity index (χ3n) is 9.17. The summed E-state index contributed by atoms with van der Waals surface area (Å²) < 4.78 is 57.5. The second-order valence-corrected chi connectivity index (χ2v) is 16.9. The number of aromatic nitrogens is 2. The second-order valence-electron chi connectivity index (χ2n) is 14.9. The zero-order chi connectivity index (χ0) is 44.7. The molecular weight excluding hydrogens is 819 g/mol. The quantitative estimate of drug-likeness (QED) is 0.0597. The van der Waals surface area contributed by atoms with Crippen molar-refractivity contribution in [3.63, 3.8) is 0 Å². The molecule has 61 heavy (non-hydrogen) atoms. The van der Waals surface area contributed by atoms with Crippen LogP contribution in [0, 0.1) is 0 Å². The standard InChI is InChI=1S/C40H59N6O14P/c1-9-10-22-54-38(49)45-20-18-44(19-21-45)37(48)33(25-61(52,59-28(6)57-39(50)55-26(2)3)60-29(7)58-40(51)56-27(4)5)42-36(47)32-23-34(46-17-16-31(24-46)53-8)43-35(41-32)30-14-12-11-13-15-30/h11-15,23,26-29,31,33H,9-10,16-22,24-25H2,1-8H3,(H,42,47)/t28?,29?,31-,33-,61?/m0/s1. The van der Waals surface area contributed by atoms with Crippen molar-refractivity contribution in [1.82, 2.24) is 25.1 Å². The summed E-state index contributed by atoms with van der Waals surface area (Å²) in [5.74, 6) is -0.856. The van der Waals surface area contributed by atoms with Crippen molar-refractivity contribution in [3.05, 3.63) is 42.1 Å². The zero-order valence-corrected chi connectivity index (χ0v) is 37.0. The Labute approximate surface area is 356 Å². The summed E-state index contributed by atoms with van der Waals surface area (Å²) in [7, 11) is -3.10. The SMILES string of the molecule is CCCCOC(=O)N1CCN(C(=O)[C@H](CP(=O)(OC(C)OC(=O)OC(C)C)OC(C)OC(=O)OC(C)C)NC(=O)c2cc(N3CC[C@H](OC)C3)nc(-c3ccccc3)n2)CC1. The summed E-state index contributed by atoms with van der Waals surface area (Å²) in [6, 6.07) is 8.87. The van der Waals surface area contributed by atoms with Gasteiger partial charge >= 0.3 is 26.0 Å². The van der Waals surface area contributed by atoms with E-state index in [0.29, 0.717) is 30.9 Å². The predicted octanol–water partition coefficient (Wildman–Crippen LogP) is 5.59. The normalized spacial score (nSPS) is 17.9. The van der Waals surface area contributed by atoms with E-state index in [9.17, 15) is 28.5 Å². The lowest BCUT2D eigenvalue weighted by Gasteiger charge is -2.36. The van der Waals surface area contributed by atoms with Crippen molar-refractivity contribution in [2.75, 3.05) is 64.0 Å². The first-order valence-corrected chi connectivity index (χ1v) is 22.2. The molecule has 2 fully saturated rings. The topological polar surface area (TPSA) is 224 Å². The third-order valence-corrected chi connectivity index (χ3v) is 11.2. The van der Waals surface area contributed by atoms with Crippen LogP contribution in [0.5, 0.6) is 0 Å². The van der Waals surface area contributed by atoms with Crippen molar-refractivity contribution < 1.29 is 66.0 Å². The van der Waals surface area contributed by atoms with Gasteiger partial charge in [0.2, 0.25) is 18.5 Å². The molecule has 2 saturated heterocycles. The van der Waals surface area contributed by atoms with Crippen LogP contribution in [-0.4, -0.2) is 146 Å². The maximum absolute atomic E-state index is 14.8. The number of hydrogen-bond donors (Lipinski definition) is 1. The highest BCUT2D eigenvalue weighted by Crippen LogP contribution is 2.51. The summed E-state index contributed by atoms with van der Waals surface area (Å²) in [4.78, 5) is 80.5. The Balaban J connectivity index is 1.69. The first-order valence-electron chi connectivity index (χ1n) is 20.4. The summed E-state index contributed by atoms with van der Waals surface area (Å²) >= 11 is 0. The number of benzene rings is 1. The Bertz CT molecular complexity index is 1790. The van der Waals surface area contributed by atoms with Crippen LogP contribution in [0.15, 0.2) is 36.4 Å². The minimum Gasteiger partial charge on any atom is -0.449 e. The smallest absolute Gasteiger partial charge is 0.449 e. The van der Waals surface area contributed by atoms with Gasteiger partial charge in [-0.3, -0.25) is 23.2 Å². The van der Waals surface area contributed by atoms with Gasteiger partial charge in [0.25, 0.3) is 5.91 Å². The largest absolute Gasteiger partial charge is 0.510 e. The molecule has 2 aromatic rings. The number of unbranched alkanes of at least 4 members (excludes halogenated alkanes) is 1. The molecule has 0 aliphatic carbocycles. The van der Waals surface area contributed by atoms with Gasteiger partial charge in [-0.1, -0.05) is 43.7 Å². The van der Waals surface area contributed by atoms with Crippen LogP contribution in [-0.2, 0) is 46.8 Å². The van der Waals surface area contributed by atoms with Crippen LogP contribution >= 0.6 is 7.60 Å². The summed E-state index contributed by atoms with van der Waals surface area (Å²) in [5, 5.41) is 2.69. The summed E-state index contributed by atoms with van der Waals surface area (Å²) in [6.45, 7) is 12.5. The number of hydrogen-bond acceptors (Lipinski definition) is 17. The molecule has 1 aromatic carbocycles. The van der Waals surface area contributed by atoms with Gasteiger partial charge in [0.1, 0.15) is 17.6 Å². The lowest BCUT2D eigenvalue weighted by Crippen LogP contribution is -2.57. The Morgan fingerprint density at radius 1 is 0.820 bits per heavy atom. The number of carbonyl (C=O) groups excluding carboxylic acids is 5. The molecule has 3 amide bonds. The van der Waals surface area contributed by atoms with Gasteiger partial charge < -0.3 is 48.4 Å². The fourth-order valence-corrected chi connectivity index (χ4v) is 8.15. The van der Waals surface area contributed by atoms with Crippen molar-refractivity contribution in [2.45, 2.75) is 105 Å². The van der Waals surface area contributed by atoms with E-state index in [-0.39, 0.29) is 50.4 Å². The van der Waals surface area contributed by atoms with Crippen molar-refractivity contribution in [2.24, 2.45) is 0 Å². The van der Waals surface area contributed by atoms with E-state index in [1.165, 1.54) is 29.7 Å². The first kappa shape index (κ1) is 48.6. The van der Waals surface area contributed by atoms with E-state index in [0.717, 1.165) is 12.8 Å². The number of amides is 3. The fourth-order valence-electron chi connectivity index (χ4n) is 6.24. The molecule has 4 atom stereocenters. The third kappa shape index (κ3) is 15.4. The summed E-state index contributed by atoms with van der Waals surface area (Å²) in [5.41, 5.74) is 0.515. The molecule has 338 valence electrons. The molecule has 1 aromatic heterocycles. The number of nitrogens with one attached hydrogen (secondary N) is 1. The molecule has 1 N–H and O–H groups in total. The molecule has 0 radical (unpaired) electrons. The molecule has 3 heterocycles. The van der Waals surface area contributed by atoms with Crippen LogP contribution in [0.2, 0.25) is 0 Å². The molecule has 2 aliphatic heterocycles. The first-order chi connectivity index (χ1) is 29.0. The highest BCUT2D eigenvalue weighted by atomic mass is 31.2. The van der Waals surface area contributed by atoms with E-state index in [4.69, 9.17) is 42.5 Å². The number of piperazine rings is 1.